The molecule has 1 aromatic carbocycles. The first kappa shape index (κ1) is 12.2. The Bertz CT molecular complexity index is 540. The zero-order chi connectivity index (χ0) is 13.5. The maximum atomic E-state index is 12.4. The lowest BCUT2D eigenvalue weighted by Crippen LogP contribution is -2.35. The van der Waals surface area contributed by atoms with Crippen molar-refractivity contribution in [3.05, 3.63) is 29.8 Å². The number of fused-ring (bicyclic) bond motifs is 4. The van der Waals surface area contributed by atoms with Gasteiger partial charge in [0.25, 0.3) is 0 Å². The Morgan fingerprint density at radius 2 is 2.26 bits per heavy atom. The minimum absolute atomic E-state index is 0.0242. The topological polar surface area (TPSA) is 55.4 Å². The number of anilines is 1. The van der Waals surface area contributed by atoms with Crippen molar-refractivity contribution in [3.63, 3.8) is 0 Å². The number of carbonyl (C=O) groups excluding carboxylic acids is 2. The second-order valence-electron chi connectivity index (χ2n) is 5.28. The molecule has 100 valence electrons. The average molecular weight is 259 g/mol. The lowest BCUT2D eigenvalue weighted by atomic mass is 9.78. The molecule has 1 aliphatic heterocycles. The molecule has 0 saturated heterocycles. The highest BCUT2D eigenvalue weighted by Crippen LogP contribution is 2.49. The molecular weight excluding hydrogens is 242 g/mol. The average Bonchev–Trinajstić information content (AvgIpc) is 2.80. The van der Waals surface area contributed by atoms with E-state index in [-0.39, 0.29) is 17.8 Å². The highest BCUT2D eigenvalue weighted by molar-refractivity contribution is 5.99. The third-order valence-corrected chi connectivity index (χ3v) is 4.25. The number of amides is 1. The predicted octanol–water partition coefficient (Wildman–Crippen LogP) is 2.24. The summed E-state index contributed by atoms with van der Waals surface area (Å²) in [7, 11) is 0. The molecule has 1 aromatic rings. The SMILES string of the molecule is CCOC(=O)C12CCC(C1)C(=O)Nc1ccccc12. The number of hydrogen-bond acceptors (Lipinski definition) is 3. The first-order chi connectivity index (χ1) is 9.17. The summed E-state index contributed by atoms with van der Waals surface area (Å²) in [5.41, 5.74) is 1.01. The van der Waals surface area contributed by atoms with E-state index in [1.807, 2.05) is 31.2 Å². The van der Waals surface area contributed by atoms with Crippen molar-refractivity contribution >= 4 is 17.6 Å². The van der Waals surface area contributed by atoms with Gasteiger partial charge in [-0.3, -0.25) is 9.59 Å². The summed E-state index contributed by atoms with van der Waals surface area (Å²) in [4.78, 5) is 24.5. The zero-order valence-electron chi connectivity index (χ0n) is 10.9. The van der Waals surface area contributed by atoms with Crippen LogP contribution in [0.4, 0.5) is 5.69 Å². The Balaban J connectivity index is 2.13. The molecule has 2 atom stereocenters. The number of carbonyl (C=O) groups is 2. The van der Waals surface area contributed by atoms with Gasteiger partial charge in [0.05, 0.1) is 12.0 Å². The number of benzene rings is 1. The summed E-state index contributed by atoms with van der Waals surface area (Å²) in [5.74, 6) is -0.255. The number of para-hydroxylation sites is 1. The minimum atomic E-state index is -0.642. The lowest BCUT2D eigenvalue weighted by molar-refractivity contribution is -0.150. The van der Waals surface area contributed by atoms with E-state index >= 15 is 0 Å². The molecule has 2 bridgehead atoms. The fraction of sp³-hybridized carbons (Fsp3) is 0.467. The van der Waals surface area contributed by atoms with Gasteiger partial charge >= 0.3 is 5.97 Å². The van der Waals surface area contributed by atoms with E-state index in [0.29, 0.717) is 19.4 Å². The van der Waals surface area contributed by atoms with Gasteiger partial charge in [-0.15, -0.1) is 0 Å². The quantitative estimate of drug-likeness (QED) is 0.829. The van der Waals surface area contributed by atoms with Gasteiger partial charge in [0, 0.05) is 11.6 Å². The molecule has 3 rings (SSSR count). The van der Waals surface area contributed by atoms with E-state index < -0.39 is 5.41 Å². The van der Waals surface area contributed by atoms with E-state index in [2.05, 4.69) is 5.32 Å². The number of nitrogens with one attached hydrogen (secondary N) is 1. The van der Waals surface area contributed by atoms with E-state index in [1.165, 1.54) is 0 Å². The second-order valence-corrected chi connectivity index (χ2v) is 5.28. The molecule has 0 aromatic heterocycles. The number of esters is 1. The molecule has 4 heteroatoms. The van der Waals surface area contributed by atoms with Gasteiger partial charge in [-0.2, -0.15) is 0 Å². The Labute approximate surface area is 112 Å². The summed E-state index contributed by atoms with van der Waals surface area (Å²) < 4.78 is 5.27. The van der Waals surface area contributed by atoms with Crippen LogP contribution in [-0.2, 0) is 19.7 Å². The maximum Gasteiger partial charge on any atom is 0.316 e. The molecule has 0 radical (unpaired) electrons. The first-order valence-electron chi connectivity index (χ1n) is 6.75. The van der Waals surface area contributed by atoms with Gasteiger partial charge in [0.1, 0.15) is 0 Å². The van der Waals surface area contributed by atoms with Gasteiger partial charge in [0.2, 0.25) is 5.91 Å². The normalized spacial score (nSPS) is 28.3. The van der Waals surface area contributed by atoms with Crippen molar-refractivity contribution in [2.45, 2.75) is 31.6 Å². The molecule has 1 saturated carbocycles. The van der Waals surface area contributed by atoms with Crippen molar-refractivity contribution in [1.82, 2.24) is 0 Å². The standard InChI is InChI=1S/C15H17NO3/c1-2-19-14(18)15-8-7-10(9-15)13(17)16-12-6-4-3-5-11(12)15/h3-6,10H,2,7-9H2,1H3,(H,16,17). The van der Waals surface area contributed by atoms with Crippen LogP contribution in [-0.4, -0.2) is 18.5 Å². The Morgan fingerprint density at radius 1 is 1.47 bits per heavy atom. The van der Waals surface area contributed by atoms with Crippen molar-refractivity contribution in [3.8, 4) is 0 Å². The fourth-order valence-electron chi connectivity index (χ4n) is 3.32. The van der Waals surface area contributed by atoms with Gasteiger partial charge < -0.3 is 10.1 Å². The molecule has 19 heavy (non-hydrogen) atoms. The number of rotatable bonds is 2. The Morgan fingerprint density at radius 3 is 3.05 bits per heavy atom. The molecule has 0 spiro atoms. The monoisotopic (exact) mass is 259 g/mol. The third-order valence-electron chi connectivity index (χ3n) is 4.25. The molecule has 1 amide bonds. The van der Waals surface area contributed by atoms with Gasteiger partial charge in [-0.25, -0.2) is 0 Å². The maximum absolute atomic E-state index is 12.4. The first-order valence-corrected chi connectivity index (χ1v) is 6.75. The van der Waals surface area contributed by atoms with E-state index in [1.54, 1.807) is 0 Å². The summed E-state index contributed by atoms with van der Waals surface area (Å²) in [5, 5.41) is 2.93. The van der Waals surface area contributed by atoms with Crippen LogP contribution in [0.25, 0.3) is 0 Å². The lowest BCUT2D eigenvalue weighted by Gasteiger charge is -2.27. The molecule has 1 heterocycles. The predicted molar refractivity (Wildman–Crippen MR) is 70.7 cm³/mol. The Hall–Kier alpha value is -1.84. The van der Waals surface area contributed by atoms with Gasteiger partial charge in [0.15, 0.2) is 0 Å². The third kappa shape index (κ3) is 1.74. The van der Waals surface area contributed by atoms with Crippen LogP contribution >= 0.6 is 0 Å². The molecular formula is C15H17NO3. The second kappa shape index (κ2) is 4.37. The highest BCUT2D eigenvalue weighted by atomic mass is 16.5. The van der Waals surface area contributed by atoms with Crippen LogP contribution in [0.1, 0.15) is 31.7 Å². The molecule has 2 aliphatic rings. The summed E-state index contributed by atoms with van der Waals surface area (Å²) in [6.45, 7) is 2.18. The fourth-order valence-corrected chi connectivity index (χ4v) is 3.32. The van der Waals surface area contributed by atoms with Gasteiger partial charge in [-0.05, 0) is 37.8 Å². The molecule has 2 unspecified atom stereocenters. The number of hydrogen-bond donors (Lipinski definition) is 1. The van der Waals surface area contributed by atoms with E-state index in [9.17, 15) is 9.59 Å². The number of ether oxygens (including phenoxy) is 1. The molecule has 1 fully saturated rings. The van der Waals surface area contributed by atoms with Gasteiger partial charge in [-0.1, -0.05) is 18.2 Å². The molecule has 1 aliphatic carbocycles. The van der Waals surface area contributed by atoms with Crippen molar-refractivity contribution in [2.24, 2.45) is 5.92 Å². The summed E-state index contributed by atoms with van der Waals surface area (Å²) >= 11 is 0. The van der Waals surface area contributed by atoms with Crippen molar-refractivity contribution < 1.29 is 14.3 Å². The largest absolute Gasteiger partial charge is 0.465 e. The van der Waals surface area contributed by atoms with Crippen molar-refractivity contribution in [2.75, 3.05) is 11.9 Å². The van der Waals surface area contributed by atoms with Crippen LogP contribution < -0.4 is 5.32 Å². The summed E-state index contributed by atoms with van der Waals surface area (Å²) in [6.07, 6.45) is 2.01. The molecule has 4 nitrogen and oxygen atoms in total. The Kier molecular flexibility index (Phi) is 2.81. The van der Waals surface area contributed by atoms with E-state index in [4.69, 9.17) is 4.74 Å². The zero-order valence-corrected chi connectivity index (χ0v) is 10.9. The van der Waals surface area contributed by atoms with Crippen LogP contribution in [0.15, 0.2) is 24.3 Å². The summed E-state index contributed by atoms with van der Waals surface area (Å²) in [6, 6.07) is 7.57. The van der Waals surface area contributed by atoms with Crippen molar-refractivity contribution in [1.29, 1.82) is 0 Å². The van der Waals surface area contributed by atoms with Crippen LogP contribution in [0.2, 0.25) is 0 Å². The minimum Gasteiger partial charge on any atom is -0.465 e. The highest BCUT2D eigenvalue weighted by Gasteiger charge is 2.52. The van der Waals surface area contributed by atoms with E-state index in [0.717, 1.165) is 17.7 Å². The van der Waals surface area contributed by atoms with Crippen LogP contribution in [0, 0.1) is 5.92 Å². The molecule has 1 N–H and O–H groups in total. The van der Waals surface area contributed by atoms with Crippen LogP contribution in [0.3, 0.4) is 0 Å². The van der Waals surface area contributed by atoms with Crippen LogP contribution in [0.5, 0.6) is 0 Å². The smallest absolute Gasteiger partial charge is 0.316 e.